The molecule has 1 heterocycles. The number of aryl methyl sites for hydroxylation is 2. The number of nitrogens with zero attached hydrogens (tertiary/aromatic N) is 1. The Bertz CT molecular complexity index is 522. The third kappa shape index (κ3) is 2.65. The average Bonchev–Trinajstić information content (AvgIpc) is 2.29. The molecule has 1 aromatic carbocycles. The summed E-state index contributed by atoms with van der Waals surface area (Å²) in [6.45, 7) is 4.03. The van der Waals surface area contributed by atoms with Crippen LogP contribution in [0, 0.1) is 13.8 Å². The van der Waals surface area contributed by atoms with Crippen molar-refractivity contribution in [1.82, 2.24) is 4.98 Å². The fourth-order valence-electron chi connectivity index (χ4n) is 1.86. The molecule has 1 N–H and O–H groups in total. The molecule has 2 rings (SSSR count). The minimum atomic E-state index is -0.652. The lowest BCUT2D eigenvalue weighted by atomic mass is 9.97. The fourth-order valence-corrected chi connectivity index (χ4v) is 1.97. The topological polar surface area (TPSA) is 33.1 Å². The molecule has 2 aromatic rings. The average molecular weight is 248 g/mol. The maximum atomic E-state index is 10.3. The van der Waals surface area contributed by atoms with Gasteiger partial charge in [0.1, 0.15) is 11.3 Å². The van der Waals surface area contributed by atoms with E-state index < -0.39 is 6.10 Å². The molecule has 0 saturated heterocycles. The van der Waals surface area contributed by atoms with Gasteiger partial charge in [-0.25, -0.2) is 4.98 Å². The van der Waals surface area contributed by atoms with Gasteiger partial charge in [-0.2, -0.15) is 0 Å². The fraction of sp³-hybridized carbons (Fsp3) is 0.214. The lowest BCUT2D eigenvalue weighted by molar-refractivity contribution is 0.219. The van der Waals surface area contributed by atoms with Crippen LogP contribution in [-0.2, 0) is 0 Å². The smallest absolute Gasteiger partial charge is 0.129 e. The number of benzene rings is 1. The van der Waals surface area contributed by atoms with E-state index >= 15 is 0 Å². The predicted octanol–water partition coefficient (Wildman–Crippen LogP) is 3.43. The summed E-state index contributed by atoms with van der Waals surface area (Å²) in [5.74, 6) is 0. The van der Waals surface area contributed by atoms with Crippen molar-refractivity contribution in [2.45, 2.75) is 20.0 Å². The molecule has 88 valence electrons. The number of rotatable bonds is 2. The molecular formula is C14H14ClNO. The largest absolute Gasteiger partial charge is 0.384 e. The summed E-state index contributed by atoms with van der Waals surface area (Å²) >= 11 is 5.72. The Hall–Kier alpha value is -1.38. The predicted molar refractivity (Wildman–Crippen MR) is 69.2 cm³/mol. The van der Waals surface area contributed by atoms with Crippen molar-refractivity contribution in [1.29, 1.82) is 0 Å². The summed E-state index contributed by atoms with van der Waals surface area (Å²) in [6, 6.07) is 9.48. The number of aromatic nitrogens is 1. The van der Waals surface area contributed by atoms with E-state index in [4.69, 9.17) is 11.6 Å². The Morgan fingerprint density at radius 3 is 2.53 bits per heavy atom. The Morgan fingerprint density at radius 1 is 1.18 bits per heavy atom. The van der Waals surface area contributed by atoms with Gasteiger partial charge in [-0.3, -0.25) is 0 Å². The summed E-state index contributed by atoms with van der Waals surface area (Å²) in [7, 11) is 0. The van der Waals surface area contributed by atoms with Gasteiger partial charge in [0.05, 0.1) is 0 Å². The van der Waals surface area contributed by atoms with Crippen molar-refractivity contribution >= 4 is 11.6 Å². The Morgan fingerprint density at radius 2 is 1.94 bits per heavy atom. The van der Waals surface area contributed by atoms with Gasteiger partial charge in [-0.05, 0) is 31.0 Å². The molecule has 0 saturated carbocycles. The van der Waals surface area contributed by atoms with Crippen LogP contribution >= 0.6 is 11.6 Å². The SMILES string of the molecule is Cc1ccc(C(O)c2ccc(Cl)nc2)c(C)c1. The summed E-state index contributed by atoms with van der Waals surface area (Å²) < 4.78 is 0. The second kappa shape index (κ2) is 4.86. The molecule has 0 aliphatic carbocycles. The first-order valence-corrected chi connectivity index (χ1v) is 5.82. The van der Waals surface area contributed by atoms with E-state index in [0.29, 0.717) is 5.15 Å². The molecule has 1 aromatic heterocycles. The van der Waals surface area contributed by atoms with E-state index in [0.717, 1.165) is 16.7 Å². The number of halogens is 1. The highest BCUT2D eigenvalue weighted by Crippen LogP contribution is 2.25. The van der Waals surface area contributed by atoms with Gasteiger partial charge in [-0.1, -0.05) is 41.4 Å². The lowest BCUT2D eigenvalue weighted by Gasteiger charge is -2.14. The van der Waals surface area contributed by atoms with Crippen LogP contribution in [0.4, 0.5) is 0 Å². The van der Waals surface area contributed by atoms with Crippen LogP contribution in [0.5, 0.6) is 0 Å². The van der Waals surface area contributed by atoms with Gasteiger partial charge >= 0.3 is 0 Å². The summed E-state index contributed by atoms with van der Waals surface area (Å²) in [4.78, 5) is 3.98. The van der Waals surface area contributed by atoms with Gasteiger partial charge in [-0.15, -0.1) is 0 Å². The highest BCUT2D eigenvalue weighted by Gasteiger charge is 2.13. The molecule has 0 bridgehead atoms. The molecular weight excluding hydrogens is 234 g/mol. The summed E-state index contributed by atoms with van der Waals surface area (Å²) in [5.41, 5.74) is 3.92. The summed E-state index contributed by atoms with van der Waals surface area (Å²) in [5, 5.41) is 10.7. The Balaban J connectivity index is 2.36. The minimum Gasteiger partial charge on any atom is -0.384 e. The normalized spacial score (nSPS) is 12.5. The monoisotopic (exact) mass is 247 g/mol. The first-order valence-electron chi connectivity index (χ1n) is 5.44. The molecule has 2 nitrogen and oxygen atoms in total. The number of hydrogen-bond acceptors (Lipinski definition) is 2. The number of pyridine rings is 1. The highest BCUT2D eigenvalue weighted by atomic mass is 35.5. The molecule has 1 atom stereocenters. The second-order valence-electron chi connectivity index (χ2n) is 4.18. The van der Waals surface area contributed by atoms with E-state index in [2.05, 4.69) is 11.1 Å². The molecule has 0 aliphatic heterocycles. The third-order valence-corrected chi connectivity index (χ3v) is 3.01. The van der Waals surface area contributed by atoms with Gasteiger partial charge in [0.15, 0.2) is 0 Å². The molecule has 0 spiro atoms. The van der Waals surface area contributed by atoms with E-state index in [1.54, 1.807) is 18.3 Å². The highest BCUT2D eigenvalue weighted by molar-refractivity contribution is 6.29. The molecule has 0 radical (unpaired) electrons. The van der Waals surface area contributed by atoms with Crippen molar-refractivity contribution in [3.63, 3.8) is 0 Å². The first kappa shape index (κ1) is 12.1. The van der Waals surface area contributed by atoms with Crippen LogP contribution in [0.2, 0.25) is 5.15 Å². The van der Waals surface area contributed by atoms with Gasteiger partial charge in [0.25, 0.3) is 0 Å². The van der Waals surface area contributed by atoms with Gasteiger partial charge in [0.2, 0.25) is 0 Å². The standard InChI is InChI=1S/C14H14ClNO/c1-9-3-5-12(10(2)7-9)14(17)11-4-6-13(15)16-8-11/h3-8,14,17H,1-2H3. The maximum absolute atomic E-state index is 10.3. The zero-order valence-electron chi connectivity index (χ0n) is 9.81. The van der Waals surface area contributed by atoms with Crippen molar-refractivity contribution < 1.29 is 5.11 Å². The lowest BCUT2D eigenvalue weighted by Crippen LogP contribution is -2.02. The number of aliphatic hydroxyl groups is 1. The van der Waals surface area contributed by atoms with E-state index in [-0.39, 0.29) is 0 Å². The molecule has 17 heavy (non-hydrogen) atoms. The van der Waals surface area contributed by atoms with Crippen molar-refractivity contribution in [2.24, 2.45) is 0 Å². The van der Waals surface area contributed by atoms with E-state index in [9.17, 15) is 5.11 Å². The second-order valence-corrected chi connectivity index (χ2v) is 4.56. The van der Waals surface area contributed by atoms with Crippen LogP contribution in [0.1, 0.15) is 28.4 Å². The molecule has 0 amide bonds. The van der Waals surface area contributed by atoms with Crippen LogP contribution in [0.15, 0.2) is 36.5 Å². The Kier molecular flexibility index (Phi) is 3.46. The van der Waals surface area contributed by atoms with Crippen LogP contribution in [0.3, 0.4) is 0 Å². The van der Waals surface area contributed by atoms with Crippen LogP contribution in [0.25, 0.3) is 0 Å². The molecule has 0 aliphatic rings. The first-order chi connectivity index (χ1) is 8.08. The minimum absolute atomic E-state index is 0.432. The Labute approximate surface area is 106 Å². The zero-order chi connectivity index (χ0) is 12.4. The van der Waals surface area contributed by atoms with E-state index in [1.165, 1.54) is 5.56 Å². The van der Waals surface area contributed by atoms with Crippen molar-refractivity contribution in [2.75, 3.05) is 0 Å². The van der Waals surface area contributed by atoms with E-state index in [1.807, 2.05) is 26.0 Å². The van der Waals surface area contributed by atoms with Crippen LogP contribution < -0.4 is 0 Å². The zero-order valence-corrected chi connectivity index (χ0v) is 10.6. The molecule has 1 unspecified atom stereocenters. The number of hydrogen-bond donors (Lipinski definition) is 1. The maximum Gasteiger partial charge on any atom is 0.129 e. The van der Waals surface area contributed by atoms with Crippen molar-refractivity contribution in [3.8, 4) is 0 Å². The van der Waals surface area contributed by atoms with Gasteiger partial charge in [0, 0.05) is 11.8 Å². The van der Waals surface area contributed by atoms with Gasteiger partial charge < -0.3 is 5.11 Å². The summed E-state index contributed by atoms with van der Waals surface area (Å²) in [6.07, 6.45) is 0.951. The third-order valence-electron chi connectivity index (χ3n) is 2.79. The number of aliphatic hydroxyl groups excluding tert-OH is 1. The quantitative estimate of drug-likeness (QED) is 0.825. The molecule has 3 heteroatoms. The molecule has 0 fully saturated rings. The van der Waals surface area contributed by atoms with Crippen molar-refractivity contribution in [3.05, 3.63) is 63.9 Å². The van der Waals surface area contributed by atoms with Crippen LogP contribution in [-0.4, -0.2) is 10.1 Å².